The van der Waals surface area contributed by atoms with E-state index in [0.717, 1.165) is 0 Å². The van der Waals surface area contributed by atoms with Gasteiger partial charge in [0.15, 0.2) is 0 Å². The average molecular weight is 169 g/mol. The molecule has 0 aromatic rings. The third-order valence-electron chi connectivity index (χ3n) is 2.09. The topological polar surface area (TPSA) is 57.6 Å². The summed E-state index contributed by atoms with van der Waals surface area (Å²) in [6.07, 6.45) is 0.469. The zero-order valence-electron chi connectivity index (χ0n) is 6.91. The van der Waals surface area contributed by atoms with Gasteiger partial charge >= 0.3 is 5.97 Å². The second-order valence-electron chi connectivity index (χ2n) is 2.93. The first-order chi connectivity index (χ1) is 5.54. The average Bonchev–Trinajstić information content (AvgIpc) is 2.00. The maximum Gasteiger partial charge on any atom is 0.311 e. The number of hydrogen-bond acceptors (Lipinski definition) is 2. The largest absolute Gasteiger partial charge is 0.481 e. The fourth-order valence-corrected chi connectivity index (χ4v) is 1.27. The summed E-state index contributed by atoms with van der Waals surface area (Å²) >= 11 is 0. The van der Waals surface area contributed by atoms with Crippen molar-refractivity contribution in [3.05, 3.63) is 12.2 Å². The lowest BCUT2D eigenvalue weighted by Crippen LogP contribution is -2.40. The molecule has 1 saturated heterocycles. The molecule has 0 spiro atoms. The van der Waals surface area contributed by atoms with Crippen LogP contribution in [-0.2, 0) is 9.59 Å². The highest BCUT2D eigenvalue weighted by Gasteiger charge is 2.32. The molecular formula is C8H11NO3. The first-order valence-corrected chi connectivity index (χ1v) is 3.71. The van der Waals surface area contributed by atoms with E-state index < -0.39 is 11.9 Å². The molecule has 66 valence electrons. The van der Waals surface area contributed by atoms with Crippen molar-refractivity contribution in [3.8, 4) is 0 Å². The Morgan fingerprint density at radius 3 is 2.83 bits per heavy atom. The fraction of sp³-hybridized carbons (Fsp3) is 0.500. The van der Waals surface area contributed by atoms with Crippen LogP contribution in [-0.4, -0.2) is 35.5 Å². The Bertz CT molecular complexity index is 247. The van der Waals surface area contributed by atoms with Gasteiger partial charge in [-0.15, -0.1) is 0 Å². The highest BCUT2D eigenvalue weighted by molar-refractivity contribution is 5.98. The second-order valence-corrected chi connectivity index (χ2v) is 2.93. The minimum absolute atomic E-state index is 0.191. The molecule has 0 radical (unpaired) electrons. The van der Waals surface area contributed by atoms with Crippen LogP contribution in [0.5, 0.6) is 0 Å². The van der Waals surface area contributed by atoms with Crippen LogP contribution in [0.25, 0.3) is 0 Å². The van der Waals surface area contributed by atoms with Crippen LogP contribution in [0.3, 0.4) is 0 Å². The van der Waals surface area contributed by atoms with E-state index in [1.54, 1.807) is 7.05 Å². The van der Waals surface area contributed by atoms with Crippen LogP contribution < -0.4 is 0 Å². The van der Waals surface area contributed by atoms with Gasteiger partial charge in [-0.25, -0.2) is 0 Å². The number of carboxylic acid groups (broad SMARTS) is 1. The number of aliphatic carboxylic acids is 1. The zero-order valence-corrected chi connectivity index (χ0v) is 6.91. The van der Waals surface area contributed by atoms with Crippen LogP contribution >= 0.6 is 0 Å². The van der Waals surface area contributed by atoms with Gasteiger partial charge in [-0.05, 0) is 6.42 Å². The number of amides is 1. The summed E-state index contributed by atoms with van der Waals surface area (Å²) in [4.78, 5) is 23.3. The van der Waals surface area contributed by atoms with Crippen molar-refractivity contribution in [2.45, 2.75) is 6.42 Å². The van der Waals surface area contributed by atoms with Crippen molar-refractivity contribution in [3.63, 3.8) is 0 Å². The van der Waals surface area contributed by atoms with Crippen molar-refractivity contribution < 1.29 is 14.7 Å². The van der Waals surface area contributed by atoms with Crippen molar-refractivity contribution in [2.75, 3.05) is 13.6 Å². The third-order valence-corrected chi connectivity index (χ3v) is 2.09. The highest BCUT2D eigenvalue weighted by Crippen LogP contribution is 2.21. The molecule has 0 aliphatic carbocycles. The van der Waals surface area contributed by atoms with E-state index in [2.05, 4.69) is 6.58 Å². The van der Waals surface area contributed by atoms with E-state index in [1.807, 2.05) is 0 Å². The van der Waals surface area contributed by atoms with Gasteiger partial charge in [0.1, 0.15) is 0 Å². The van der Waals surface area contributed by atoms with Gasteiger partial charge in [-0.1, -0.05) is 6.58 Å². The lowest BCUT2D eigenvalue weighted by molar-refractivity contribution is -0.144. The predicted octanol–water partition coefficient (Wildman–Crippen LogP) is 0.106. The highest BCUT2D eigenvalue weighted by atomic mass is 16.4. The monoisotopic (exact) mass is 169 g/mol. The molecule has 1 heterocycles. The first kappa shape index (κ1) is 8.77. The number of nitrogens with zero attached hydrogens (tertiary/aromatic N) is 1. The van der Waals surface area contributed by atoms with Crippen molar-refractivity contribution in [1.82, 2.24) is 4.90 Å². The molecule has 4 heteroatoms. The van der Waals surface area contributed by atoms with E-state index in [1.165, 1.54) is 4.90 Å². The summed E-state index contributed by atoms with van der Waals surface area (Å²) in [7, 11) is 1.64. The molecule has 1 atom stereocenters. The van der Waals surface area contributed by atoms with E-state index in [0.29, 0.717) is 13.0 Å². The Morgan fingerprint density at radius 2 is 2.33 bits per heavy atom. The van der Waals surface area contributed by atoms with Gasteiger partial charge in [0.2, 0.25) is 5.91 Å². The summed E-state index contributed by atoms with van der Waals surface area (Å²) < 4.78 is 0. The molecule has 0 saturated carbocycles. The predicted molar refractivity (Wildman–Crippen MR) is 42.5 cm³/mol. The molecule has 1 N–H and O–H groups in total. The van der Waals surface area contributed by atoms with E-state index in [9.17, 15) is 9.59 Å². The summed E-state index contributed by atoms with van der Waals surface area (Å²) in [5.74, 6) is -1.90. The van der Waals surface area contributed by atoms with E-state index in [4.69, 9.17) is 5.11 Å². The summed E-state index contributed by atoms with van der Waals surface area (Å²) in [6.45, 7) is 3.97. The number of likely N-dealkylation sites (tertiary alicyclic amines) is 1. The minimum Gasteiger partial charge on any atom is -0.481 e. The molecule has 0 aromatic carbocycles. The van der Waals surface area contributed by atoms with E-state index >= 15 is 0 Å². The van der Waals surface area contributed by atoms with Gasteiger partial charge in [0.25, 0.3) is 0 Å². The van der Waals surface area contributed by atoms with Gasteiger partial charge in [-0.3, -0.25) is 9.59 Å². The number of likely N-dealkylation sites (N-methyl/N-ethyl adjacent to an activating group) is 1. The van der Waals surface area contributed by atoms with Crippen molar-refractivity contribution in [1.29, 1.82) is 0 Å². The minimum atomic E-state index is -0.957. The molecule has 1 unspecified atom stereocenters. The van der Waals surface area contributed by atoms with Crippen molar-refractivity contribution >= 4 is 11.9 Å². The molecular weight excluding hydrogens is 158 g/mol. The smallest absolute Gasteiger partial charge is 0.311 e. The quantitative estimate of drug-likeness (QED) is 0.566. The molecule has 1 aliphatic rings. The molecule has 1 amide bonds. The summed E-state index contributed by atoms with van der Waals surface area (Å²) in [6, 6.07) is 0. The van der Waals surface area contributed by atoms with Gasteiger partial charge < -0.3 is 10.0 Å². The Kier molecular flexibility index (Phi) is 2.17. The molecule has 12 heavy (non-hydrogen) atoms. The van der Waals surface area contributed by atoms with E-state index in [-0.39, 0.29) is 11.5 Å². The van der Waals surface area contributed by atoms with Crippen LogP contribution in [0.4, 0.5) is 0 Å². The third kappa shape index (κ3) is 1.32. The Hall–Kier alpha value is -1.32. The molecule has 1 fully saturated rings. The maximum atomic E-state index is 11.2. The van der Waals surface area contributed by atoms with Gasteiger partial charge in [0.05, 0.1) is 5.92 Å². The number of piperidine rings is 1. The summed E-state index contributed by atoms with van der Waals surface area (Å²) in [5.41, 5.74) is 0.191. The lowest BCUT2D eigenvalue weighted by Gasteiger charge is -2.28. The van der Waals surface area contributed by atoms with Gasteiger partial charge in [-0.2, -0.15) is 0 Å². The summed E-state index contributed by atoms with van der Waals surface area (Å²) in [5, 5.41) is 8.68. The van der Waals surface area contributed by atoms with Crippen LogP contribution in [0.1, 0.15) is 6.42 Å². The number of carbonyl (C=O) groups excluding carboxylic acids is 1. The maximum absolute atomic E-state index is 11.2. The molecule has 0 aromatic heterocycles. The van der Waals surface area contributed by atoms with Gasteiger partial charge in [0, 0.05) is 19.2 Å². The fourth-order valence-electron chi connectivity index (χ4n) is 1.27. The standard InChI is InChI=1S/C8H11NO3/c1-5-6(8(11)12)3-4-9(2)7(5)10/h6H,1,3-4H2,2H3,(H,11,12). The Morgan fingerprint density at radius 1 is 1.75 bits per heavy atom. The Labute approximate surface area is 70.5 Å². The normalized spacial score (nSPS) is 24.4. The molecule has 4 nitrogen and oxygen atoms in total. The molecule has 0 bridgehead atoms. The lowest BCUT2D eigenvalue weighted by atomic mass is 9.92. The first-order valence-electron chi connectivity index (χ1n) is 3.71. The Balaban J connectivity index is 2.79. The van der Waals surface area contributed by atoms with Crippen LogP contribution in [0, 0.1) is 5.92 Å². The number of carboxylic acids is 1. The molecule has 1 aliphatic heterocycles. The molecule has 1 rings (SSSR count). The van der Waals surface area contributed by atoms with Crippen LogP contribution in [0.2, 0.25) is 0 Å². The SMILES string of the molecule is C=C1C(=O)N(C)CCC1C(=O)O. The second kappa shape index (κ2) is 2.97. The zero-order chi connectivity index (χ0) is 9.30. The van der Waals surface area contributed by atoms with Crippen molar-refractivity contribution in [2.24, 2.45) is 5.92 Å². The number of rotatable bonds is 1. The number of carbonyl (C=O) groups is 2. The van der Waals surface area contributed by atoms with Crippen LogP contribution in [0.15, 0.2) is 12.2 Å². The number of hydrogen-bond donors (Lipinski definition) is 1.